The van der Waals surface area contributed by atoms with Gasteiger partial charge in [0.15, 0.2) is 0 Å². The number of likely N-dealkylation sites (tertiary alicyclic amines) is 1. The molecule has 2 aromatic rings. The maximum absolute atomic E-state index is 14.1. The molecule has 2 aromatic carbocycles. The van der Waals surface area contributed by atoms with Crippen LogP contribution in [0.4, 0.5) is 4.79 Å². The number of nitrogens with two attached hydrogens (primary N) is 1. The van der Waals surface area contributed by atoms with Crippen LogP contribution in [-0.4, -0.2) is 103 Å². The van der Waals surface area contributed by atoms with E-state index in [-0.39, 0.29) is 57.6 Å². The second kappa shape index (κ2) is 22.9. The Labute approximate surface area is 327 Å². The number of ketones is 1. The van der Waals surface area contributed by atoms with E-state index < -0.39 is 78.2 Å². The summed E-state index contributed by atoms with van der Waals surface area (Å²) in [6.45, 7) is 8.72. The van der Waals surface area contributed by atoms with Gasteiger partial charge in [-0.25, -0.2) is 4.79 Å². The van der Waals surface area contributed by atoms with Gasteiger partial charge in [0.25, 0.3) is 5.91 Å². The summed E-state index contributed by atoms with van der Waals surface area (Å²) in [4.78, 5) is 92.8. The number of Topliss-reactive ketones (excluding diaryl/α,β-unsaturated/α-hetero) is 1. The highest BCUT2D eigenvalue weighted by Gasteiger charge is 2.44. The molecule has 5 atom stereocenters. The van der Waals surface area contributed by atoms with E-state index in [4.69, 9.17) is 19.9 Å². The molecule has 16 nitrogen and oxygen atoms in total. The molecule has 1 heterocycles. The molecule has 16 heteroatoms. The van der Waals surface area contributed by atoms with Crippen molar-refractivity contribution in [2.75, 3.05) is 26.3 Å². The zero-order valence-electron chi connectivity index (χ0n) is 32.8. The van der Waals surface area contributed by atoms with Crippen LogP contribution in [0.2, 0.25) is 0 Å². The number of alkyl carbamates (subject to hydrolysis) is 1. The van der Waals surface area contributed by atoms with Gasteiger partial charge in [-0.05, 0) is 29.4 Å². The van der Waals surface area contributed by atoms with E-state index in [0.717, 1.165) is 11.1 Å². The predicted molar refractivity (Wildman–Crippen MR) is 205 cm³/mol. The number of carbonyl (C=O) groups is 7. The number of amides is 6. The van der Waals surface area contributed by atoms with Crippen molar-refractivity contribution in [1.82, 2.24) is 26.2 Å². The molecule has 0 radical (unpaired) electrons. The monoisotopic (exact) mass is 780 g/mol. The van der Waals surface area contributed by atoms with Crippen molar-refractivity contribution in [3.8, 4) is 0 Å². The minimum Gasteiger partial charge on any atom is -0.449 e. The third kappa shape index (κ3) is 14.7. The van der Waals surface area contributed by atoms with Crippen LogP contribution in [0.1, 0.15) is 65.0 Å². The van der Waals surface area contributed by atoms with E-state index in [1.165, 1.54) is 4.90 Å². The van der Waals surface area contributed by atoms with Gasteiger partial charge in [-0.1, -0.05) is 102 Å². The summed E-state index contributed by atoms with van der Waals surface area (Å²) in [5, 5.41) is 9.90. The average molecular weight is 781 g/mol. The topological polar surface area (TPSA) is 225 Å². The molecule has 56 heavy (non-hydrogen) atoms. The predicted octanol–water partition coefficient (Wildman–Crippen LogP) is 1.74. The zero-order valence-corrected chi connectivity index (χ0v) is 32.8. The summed E-state index contributed by atoms with van der Waals surface area (Å²) in [5.41, 5.74) is 7.16. The number of hydrogen-bond donors (Lipinski definition) is 5. The molecule has 0 saturated carbocycles. The fraction of sp³-hybridized carbons (Fsp3) is 0.525. The first-order valence-corrected chi connectivity index (χ1v) is 18.9. The second-order valence-electron chi connectivity index (χ2n) is 14.4. The van der Waals surface area contributed by atoms with Crippen molar-refractivity contribution >= 4 is 41.4 Å². The summed E-state index contributed by atoms with van der Waals surface area (Å²) in [6, 6.07) is 13.9. The van der Waals surface area contributed by atoms with Crippen molar-refractivity contribution < 1.29 is 47.8 Å². The molecule has 0 aromatic heterocycles. The van der Waals surface area contributed by atoms with Crippen LogP contribution >= 0.6 is 0 Å². The Morgan fingerprint density at radius 2 is 1.45 bits per heavy atom. The fourth-order valence-corrected chi connectivity index (χ4v) is 5.84. The van der Waals surface area contributed by atoms with Crippen LogP contribution in [0.15, 0.2) is 60.7 Å². The van der Waals surface area contributed by atoms with Crippen LogP contribution in [0.25, 0.3) is 0 Å². The average Bonchev–Trinajstić information content (AvgIpc) is 3.61. The molecule has 5 unspecified atom stereocenters. The Morgan fingerprint density at radius 1 is 0.821 bits per heavy atom. The van der Waals surface area contributed by atoms with Gasteiger partial charge in [0.05, 0.1) is 45.1 Å². The van der Waals surface area contributed by atoms with Gasteiger partial charge in [-0.3, -0.25) is 28.8 Å². The van der Waals surface area contributed by atoms with Crippen molar-refractivity contribution in [3.05, 3.63) is 71.8 Å². The molecule has 1 aliphatic heterocycles. The first-order chi connectivity index (χ1) is 26.7. The lowest BCUT2D eigenvalue weighted by molar-refractivity contribution is -0.143. The lowest BCUT2D eigenvalue weighted by Crippen LogP contribution is -2.57. The second-order valence-corrected chi connectivity index (χ2v) is 14.4. The van der Waals surface area contributed by atoms with Gasteiger partial charge in [-0.2, -0.15) is 0 Å². The first-order valence-electron chi connectivity index (χ1n) is 18.9. The number of nitrogens with one attached hydrogen (secondary N) is 4. The summed E-state index contributed by atoms with van der Waals surface area (Å²) >= 11 is 0. The number of primary amides is 1. The molecule has 0 spiro atoms. The number of benzene rings is 2. The van der Waals surface area contributed by atoms with Gasteiger partial charge in [0.1, 0.15) is 18.1 Å². The number of rotatable bonds is 22. The Hall–Kier alpha value is -5.35. The molecule has 0 aliphatic carbocycles. The van der Waals surface area contributed by atoms with Gasteiger partial charge >= 0.3 is 6.09 Å². The maximum Gasteiger partial charge on any atom is 0.407 e. The van der Waals surface area contributed by atoms with Crippen LogP contribution in [-0.2, 0) is 56.2 Å². The van der Waals surface area contributed by atoms with Crippen molar-refractivity contribution in [2.45, 2.75) is 97.4 Å². The van der Waals surface area contributed by atoms with Crippen molar-refractivity contribution in [2.24, 2.45) is 17.6 Å². The molecule has 6 N–H and O–H groups in total. The molecule has 3 rings (SSSR count). The lowest BCUT2D eigenvalue weighted by Gasteiger charge is -2.31. The van der Waals surface area contributed by atoms with Gasteiger partial charge in [0, 0.05) is 13.0 Å². The highest BCUT2D eigenvalue weighted by atomic mass is 16.5. The molecule has 1 fully saturated rings. The van der Waals surface area contributed by atoms with Crippen LogP contribution in [0.3, 0.4) is 0 Å². The summed E-state index contributed by atoms with van der Waals surface area (Å²) in [6.07, 6.45) is -0.757. The maximum atomic E-state index is 14.1. The smallest absolute Gasteiger partial charge is 0.407 e. The number of hydrogen-bond acceptors (Lipinski definition) is 10. The van der Waals surface area contributed by atoms with E-state index in [0.29, 0.717) is 6.42 Å². The van der Waals surface area contributed by atoms with E-state index in [1.54, 1.807) is 20.8 Å². The van der Waals surface area contributed by atoms with Crippen LogP contribution < -0.4 is 27.0 Å². The third-order valence-corrected chi connectivity index (χ3v) is 8.85. The molecule has 6 amide bonds. The molecule has 306 valence electrons. The minimum absolute atomic E-state index is 0.0290. The van der Waals surface area contributed by atoms with Crippen LogP contribution in [0, 0.1) is 11.8 Å². The third-order valence-electron chi connectivity index (χ3n) is 8.85. The molecular formula is C40H56N6O10. The van der Waals surface area contributed by atoms with Crippen LogP contribution in [0.5, 0.6) is 0 Å². The van der Waals surface area contributed by atoms with E-state index in [1.807, 2.05) is 74.5 Å². The van der Waals surface area contributed by atoms with Gasteiger partial charge in [0.2, 0.25) is 29.4 Å². The fourth-order valence-electron chi connectivity index (χ4n) is 5.84. The van der Waals surface area contributed by atoms with Gasteiger partial charge < -0.3 is 46.1 Å². The SMILES string of the molecule is CCCC(NC(=O)C1CC(OCc2ccccc2)CN1C(=O)C(NC(=O)OCC(C)C)C(C)C)C(=O)C(=O)NCC(=O)NC(COCc1ccccc1)C(N)=O. The normalized spacial score (nSPS) is 16.7. The van der Waals surface area contributed by atoms with Crippen molar-refractivity contribution in [1.29, 1.82) is 0 Å². The number of ether oxygens (including phenoxy) is 3. The van der Waals surface area contributed by atoms with E-state index in [2.05, 4.69) is 21.3 Å². The lowest BCUT2D eigenvalue weighted by atomic mass is 10.0. The summed E-state index contributed by atoms with van der Waals surface area (Å²) in [5.74, 6) is -5.32. The largest absolute Gasteiger partial charge is 0.449 e. The Morgan fingerprint density at radius 3 is 2.02 bits per heavy atom. The van der Waals surface area contributed by atoms with E-state index in [9.17, 15) is 33.6 Å². The quantitative estimate of drug-likeness (QED) is 0.109. The molecular weight excluding hydrogens is 724 g/mol. The Kier molecular flexibility index (Phi) is 18.4. The Bertz CT molecular complexity index is 1620. The highest BCUT2D eigenvalue weighted by molar-refractivity contribution is 6.38. The highest BCUT2D eigenvalue weighted by Crippen LogP contribution is 2.25. The summed E-state index contributed by atoms with van der Waals surface area (Å²) in [7, 11) is 0. The minimum atomic E-state index is -1.29. The van der Waals surface area contributed by atoms with E-state index >= 15 is 0 Å². The van der Waals surface area contributed by atoms with Crippen molar-refractivity contribution in [3.63, 3.8) is 0 Å². The molecule has 1 saturated heterocycles. The molecule has 1 aliphatic rings. The number of carbonyl (C=O) groups excluding carboxylic acids is 7. The summed E-state index contributed by atoms with van der Waals surface area (Å²) < 4.78 is 16.9. The first kappa shape index (κ1) is 45.0. The number of nitrogens with zero attached hydrogens (tertiary/aromatic N) is 1. The Balaban J connectivity index is 1.67. The molecule has 0 bridgehead atoms. The standard InChI is InChI=1S/C40H56N6O10/c1-6-13-30(35(48)38(51)42-19-33(47)43-31(36(41)49)24-54-22-27-14-9-7-10-15-27)44-37(50)32-18-29(55-23-28-16-11-8-12-17-28)20-46(32)39(52)34(26(4)5)45-40(53)56-21-25(2)3/h7-12,14-17,25-26,29-32,34H,6,13,18-24H2,1-5H3,(H2,41,49)(H,42,51)(H,43,47)(H,44,50)(H,45,53). The zero-order chi connectivity index (χ0) is 41.2. The van der Waals surface area contributed by atoms with Gasteiger partial charge in [-0.15, -0.1) is 0 Å².